The van der Waals surface area contributed by atoms with Gasteiger partial charge in [0.15, 0.2) is 6.61 Å². The molecule has 0 aliphatic heterocycles. The number of esters is 1. The van der Waals surface area contributed by atoms with E-state index in [0.29, 0.717) is 5.56 Å². The van der Waals surface area contributed by atoms with Crippen molar-refractivity contribution in [3.63, 3.8) is 0 Å². The summed E-state index contributed by atoms with van der Waals surface area (Å²) < 4.78 is 45.7. The van der Waals surface area contributed by atoms with Gasteiger partial charge < -0.3 is 10.5 Å². The molecular weight excluding hydrogens is 413 g/mol. The summed E-state index contributed by atoms with van der Waals surface area (Å²) in [6.45, 7) is 2.19. The summed E-state index contributed by atoms with van der Waals surface area (Å²) in [5.74, 6) is -2.37. The van der Waals surface area contributed by atoms with Crippen molar-refractivity contribution in [2.45, 2.75) is 18.7 Å². The number of hydrogen-bond acceptors (Lipinski definition) is 7. The van der Waals surface area contributed by atoms with E-state index in [2.05, 4.69) is 4.72 Å². The Balaban J connectivity index is 2.17. The number of ether oxygens (including phenoxy) is 1. The standard InChI is InChI=1S/C20H18FN3O5S/c1-12-6-7-15(21)9-19(12)30(27,28)24-16-5-3-4-14(8-16)20(26)29-11-18(25)17(10-22)13(2)23/h3-9,24H,11,23H2,1-2H3. The highest BCUT2D eigenvalue weighted by molar-refractivity contribution is 7.92. The monoisotopic (exact) mass is 431 g/mol. The molecule has 0 saturated carbocycles. The number of hydrogen-bond donors (Lipinski definition) is 2. The number of nitrogens with zero attached hydrogens (tertiary/aromatic N) is 1. The van der Waals surface area contributed by atoms with Crippen LogP contribution in [-0.4, -0.2) is 26.8 Å². The van der Waals surface area contributed by atoms with Gasteiger partial charge in [-0.3, -0.25) is 9.52 Å². The number of Topliss-reactive ketones (excluding diaryl/α,β-unsaturated/α-hetero) is 1. The molecule has 2 aromatic carbocycles. The minimum absolute atomic E-state index is 0.00240. The van der Waals surface area contributed by atoms with Gasteiger partial charge in [-0.1, -0.05) is 12.1 Å². The Kier molecular flexibility index (Phi) is 6.92. The van der Waals surface area contributed by atoms with Crippen LogP contribution >= 0.6 is 0 Å². The van der Waals surface area contributed by atoms with E-state index in [9.17, 15) is 22.4 Å². The van der Waals surface area contributed by atoms with Crippen molar-refractivity contribution in [2.24, 2.45) is 5.73 Å². The number of halogens is 1. The number of aryl methyl sites for hydroxylation is 1. The molecule has 2 rings (SSSR count). The van der Waals surface area contributed by atoms with Crippen molar-refractivity contribution in [3.8, 4) is 6.07 Å². The molecule has 0 bridgehead atoms. The average Bonchev–Trinajstić information content (AvgIpc) is 2.68. The van der Waals surface area contributed by atoms with E-state index in [1.54, 1.807) is 6.07 Å². The number of carbonyl (C=O) groups is 2. The van der Waals surface area contributed by atoms with Gasteiger partial charge in [0.25, 0.3) is 10.0 Å². The summed E-state index contributed by atoms with van der Waals surface area (Å²) in [5, 5.41) is 8.89. The topological polar surface area (TPSA) is 139 Å². The third-order valence-corrected chi connectivity index (χ3v) is 5.43. The Bertz CT molecular complexity index is 1180. The molecule has 30 heavy (non-hydrogen) atoms. The molecule has 0 unspecified atom stereocenters. The molecule has 2 aromatic rings. The largest absolute Gasteiger partial charge is 0.454 e. The van der Waals surface area contributed by atoms with Crippen LogP contribution in [0.25, 0.3) is 0 Å². The maximum Gasteiger partial charge on any atom is 0.338 e. The van der Waals surface area contributed by atoms with Crippen LogP contribution in [0.4, 0.5) is 10.1 Å². The first kappa shape index (κ1) is 22.6. The number of sulfonamides is 1. The Morgan fingerprint density at radius 1 is 1.23 bits per heavy atom. The van der Waals surface area contributed by atoms with Crippen LogP contribution in [0.3, 0.4) is 0 Å². The number of nitriles is 1. The molecule has 0 radical (unpaired) electrons. The molecule has 0 saturated heterocycles. The molecule has 0 fully saturated rings. The van der Waals surface area contributed by atoms with Gasteiger partial charge in [-0.15, -0.1) is 0 Å². The third kappa shape index (κ3) is 5.42. The Morgan fingerprint density at radius 3 is 2.57 bits per heavy atom. The fourth-order valence-electron chi connectivity index (χ4n) is 2.44. The molecule has 156 valence electrons. The first-order chi connectivity index (χ1) is 14.0. The van der Waals surface area contributed by atoms with Crippen LogP contribution in [-0.2, 0) is 19.6 Å². The number of nitrogens with one attached hydrogen (secondary N) is 1. The van der Waals surface area contributed by atoms with Gasteiger partial charge in [0.1, 0.15) is 17.5 Å². The zero-order valence-corrected chi connectivity index (χ0v) is 16.9. The maximum atomic E-state index is 13.5. The fraction of sp³-hybridized carbons (Fsp3) is 0.150. The summed E-state index contributed by atoms with van der Waals surface area (Å²) in [7, 11) is -4.11. The quantitative estimate of drug-likeness (QED) is 0.390. The number of anilines is 1. The number of benzene rings is 2. The second-order valence-corrected chi connectivity index (χ2v) is 7.92. The Labute approximate surface area is 172 Å². The van der Waals surface area contributed by atoms with E-state index < -0.39 is 34.2 Å². The van der Waals surface area contributed by atoms with Gasteiger partial charge in [-0.2, -0.15) is 5.26 Å². The van der Waals surface area contributed by atoms with Crippen LogP contribution in [0.5, 0.6) is 0 Å². The summed E-state index contributed by atoms with van der Waals surface area (Å²) in [6.07, 6.45) is 0. The van der Waals surface area contributed by atoms with E-state index >= 15 is 0 Å². The highest BCUT2D eigenvalue weighted by atomic mass is 32.2. The molecule has 0 aromatic heterocycles. The lowest BCUT2D eigenvalue weighted by atomic mass is 10.1. The van der Waals surface area contributed by atoms with Gasteiger partial charge in [-0.25, -0.2) is 17.6 Å². The van der Waals surface area contributed by atoms with Gasteiger partial charge in [-0.05, 0) is 49.7 Å². The normalized spacial score (nSPS) is 11.8. The van der Waals surface area contributed by atoms with E-state index in [-0.39, 0.29) is 27.4 Å². The fourth-order valence-corrected chi connectivity index (χ4v) is 3.75. The minimum Gasteiger partial charge on any atom is -0.454 e. The van der Waals surface area contributed by atoms with Gasteiger partial charge in [0.05, 0.1) is 10.5 Å². The van der Waals surface area contributed by atoms with Crippen molar-refractivity contribution in [2.75, 3.05) is 11.3 Å². The lowest BCUT2D eigenvalue weighted by Crippen LogP contribution is -2.18. The summed E-state index contributed by atoms with van der Waals surface area (Å²) in [5.41, 5.74) is 5.45. The summed E-state index contributed by atoms with van der Waals surface area (Å²) >= 11 is 0. The highest BCUT2D eigenvalue weighted by Crippen LogP contribution is 2.21. The van der Waals surface area contributed by atoms with E-state index in [1.807, 2.05) is 0 Å². The molecule has 0 atom stereocenters. The zero-order chi connectivity index (χ0) is 22.5. The first-order valence-electron chi connectivity index (χ1n) is 8.51. The second kappa shape index (κ2) is 9.19. The van der Waals surface area contributed by atoms with E-state index in [1.165, 1.54) is 44.2 Å². The van der Waals surface area contributed by atoms with Crippen LogP contribution in [0.15, 0.2) is 58.6 Å². The summed E-state index contributed by atoms with van der Waals surface area (Å²) in [4.78, 5) is 23.8. The third-order valence-electron chi connectivity index (χ3n) is 3.91. The number of carbonyl (C=O) groups excluding carboxylic acids is 2. The first-order valence-corrected chi connectivity index (χ1v) is 9.99. The number of allylic oxidation sites excluding steroid dienone is 1. The van der Waals surface area contributed by atoms with Crippen molar-refractivity contribution in [3.05, 3.63) is 70.7 Å². The van der Waals surface area contributed by atoms with E-state index in [4.69, 9.17) is 15.7 Å². The van der Waals surface area contributed by atoms with Gasteiger partial charge >= 0.3 is 5.97 Å². The van der Waals surface area contributed by atoms with Crippen molar-refractivity contribution in [1.82, 2.24) is 0 Å². The lowest BCUT2D eigenvalue weighted by molar-refractivity contribution is -0.118. The molecule has 0 spiro atoms. The number of nitrogens with two attached hydrogens (primary N) is 1. The van der Waals surface area contributed by atoms with Crippen LogP contribution in [0, 0.1) is 24.1 Å². The van der Waals surface area contributed by atoms with Crippen LogP contribution in [0.2, 0.25) is 0 Å². The predicted molar refractivity (Wildman–Crippen MR) is 106 cm³/mol. The molecule has 0 heterocycles. The number of rotatable bonds is 7. The molecule has 0 aliphatic rings. The SMILES string of the molecule is CC(N)=C(C#N)C(=O)COC(=O)c1cccc(NS(=O)(=O)c2cc(F)ccc2C)c1. The molecule has 10 heteroatoms. The van der Waals surface area contributed by atoms with Crippen molar-refractivity contribution < 1.29 is 27.1 Å². The lowest BCUT2D eigenvalue weighted by Gasteiger charge is -2.11. The maximum absolute atomic E-state index is 13.5. The van der Waals surface area contributed by atoms with Crippen LogP contribution < -0.4 is 10.5 Å². The molecule has 0 aliphatic carbocycles. The van der Waals surface area contributed by atoms with Crippen molar-refractivity contribution >= 4 is 27.5 Å². The molecule has 0 amide bonds. The smallest absolute Gasteiger partial charge is 0.338 e. The predicted octanol–water partition coefficient (Wildman–Crippen LogP) is 2.42. The average molecular weight is 431 g/mol. The number of ketones is 1. The van der Waals surface area contributed by atoms with Crippen molar-refractivity contribution in [1.29, 1.82) is 5.26 Å². The molecule has 8 nitrogen and oxygen atoms in total. The molecule has 3 N–H and O–H groups in total. The van der Waals surface area contributed by atoms with Crippen LogP contribution in [0.1, 0.15) is 22.8 Å². The van der Waals surface area contributed by atoms with Gasteiger partial charge in [0, 0.05) is 11.4 Å². The minimum atomic E-state index is -4.11. The highest BCUT2D eigenvalue weighted by Gasteiger charge is 2.19. The zero-order valence-electron chi connectivity index (χ0n) is 16.1. The Hall–Kier alpha value is -3.71. The van der Waals surface area contributed by atoms with Gasteiger partial charge in [0.2, 0.25) is 5.78 Å². The van der Waals surface area contributed by atoms with E-state index in [0.717, 1.165) is 12.1 Å². The molecular formula is C20H18FN3O5S. The summed E-state index contributed by atoms with van der Waals surface area (Å²) in [6, 6.07) is 10.4. The second-order valence-electron chi connectivity index (χ2n) is 6.27. The Morgan fingerprint density at radius 2 is 1.93 bits per heavy atom.